The molecule has 0 atom stereocenters. The molecule has 0 aliphatic rings. The Hall–Kier alpha value is -2.55. The van der Waals surface area contributed by atoms with Crippen LogP contribution in [0, 0.1) is 0 Å². The van der Waals surface area contributed by atoms with E-state index in [9.17, 15) is 0 Å². The van der Waals surface area contributed by atoms with Crippen LogP contribution >= 0.6 is 0 Å². The molecule has 136 valence electrons. The fourth-order valence-electron chi connectivity index (χ4n) is 3.37. The van der Waals surface area contributed by atoms with Gasteiger partial charge in [-0.05, 0) is 23.1 Å². The van der Waals surface area contributed by atoms with Gasteiger partial charge in [-0.15, -0.1) is 0 Å². The zero-order valence-electron chi connectivity index (χ0n) is 15.7. The van der Waals surface area contributed by atoms with Gasteiger partial charge in [-0.2, -0.15) is 0 Å². The number of nitrogens with two attached hydrogens (primary N) is 1. The molecule has 26 heavy (non-hydrogen) atoms. The summed E-state index contributed by atoms with van der Waals surface area (Å²) in [5.41, 5.74) is 10.8. The average Bonchev–Trinajstić information content (AvgIpc) is 3.06. The number of nitrogens with zero attached hydrogens (tertiary/aromatic N) is 2. The molecule has 0 radical (unpaired) electrons. The Morgan fingerprint density at radius 1 is 0.769 bits per heavy atom. The van der Waals surface area contributed by atoms with Crippen molar-refractivity contribution in [2.24, 2.45) is 0 Å². The number of rotatable bonds is 9. The first-order valence-electron chi connectivity index (χ1n) is 9.76. The van der Waals surface area contributed by atoms with Crippen molar-refractivity contribution in [2.75, 3.05) is 5.73 Å². The van der Waals surface area contributed by atoms with E-state index in [0.29, 0.717) is 5.95 Å². The molecule has 0 aliphatic carbocycles. The molecule has 3 rings (SSSR count). The zero-order valence-corrected chi connectivity index (χ0v) is 15.7. The smallest absolute Gasteiger partial charge is 0.200 e. The van der Waals surface area contributed by atoms with Gasteiger partial charge in [-0.3, -0.25) is 0 Å². The third kappa shape index (κ3) is 4.54. The zero-order chi connectivity index (χ0) is 18.2. The highest BCUT2D eigenvalue weighted by atomic mass is 15.1. The molecule has 0 unspecified atom stereocenters. The topological polar surface area (TPSA) is 43.8 Å². The highest BCUT2D eigenvalue weighted by Gasteiger charge is 2.09. The van der Waals surface area contributed by atoms with Crippen molar-refractivity contribution in [2.45, 2.75) is 52.0 Å². The molecule has 0 spiro atoms. The van der Waals surface area contributed by atoms with Crippen LogP contribution in [0.15, 0.2) is 60.8 Å². The van der Waals surface area contributed by atoms with Crippen molar-refractivity contribution in [3.63, 3.8) is 0 Å². The highest BCUT2D eigenvalue weighted by Crippen LogP contribution is 2.26. The molecule has 2 N–H and O–H groups in total. The van der Waals surface area contributed by atoms with Crippen molar-refractivity contribution in [3.8, 4) is 22.4 Å². The second-order valence-electron chi connectivity index (χ2n) is 6.86. The molecule has 1 aromatic heterocycles. The largest absolute Gasteiger partial charge is 0.369 e. The van der Waals surface area contributed by atoms with Crippen LogP contribution in [0.4, 0.5) is 5.95 Å². The lowest BCUT2D eigenvalue weighted by Crippen LogP contribution is -2.05. The van der Waals surface area contributed by atoms with Gasteiger partial charge < -0.3 is 10.3 Å². The summed E-state index contributed by atoms with van der Waals surface area (Å²) in [6, 6.07) is 19.1. The van der Waals surface area contributed by atoms with Gasteiger partial charge in [0.1, 0.15) is 0 Å². The van der Waals surface area contributed by atoms with Crippen molar-refractivity contribution < 1.29 is 0 Å². The number of aromatic nitrogens is 2. The van der Waals surface area contributed by atoms with Crippen molar-refractivity contribution >= 4 is 5.95 Å². The lowest BCUT2D eigenvalue weighted by Gasteiger charge is -2.11. The van der Waals surface area contributed by atoms with E-state index in [1.807, 2.05) is 12.3 Å². The van der Waals surface area contributed by atoms with E-state index in [1.165, 1.54) is 48.8 Å². The van der Waals surface area contributed by atoms with Crippen molar-refractivity contribution in [1.82, 2.24) is 9.55 Å². The molecule has 3 heteroatoms. The summed E-state index contributed by atoms with van der Waals surface area (Å²) in [5, 5.41) is 0. The first-order chi connectivity index (χ1) is 12.8. The number of nitrogen functional groups attached to an aromatic ring is 1. The number of imidazole rings is 1. The molecular formula is C23H29N3. The van der Waals surface area contributed by atoms with Gasteiger partial charge in [0, 0.05) is 6.54 Å². The van der Waals surface area contributed by atoms with E-state index in [4.69, 9.17) is 5.73 Å². The van der Waals surface area contributed by atoms with Crippen LogP contribution in [0.25, 0.3) is 22.4 Å². The second-order valence-corrected chi connectivity index (χ2v) is 6.86. The highest BCUT2D eigenvalue weighted by molar-refractivity contribution is 5.69. The maximum absolute atomic E-state index is 6.11. The summed E-state index contributed by atoms with van der Waals surface area (Å²) in [6.45, 7) is 3.19. The van der Waals surface area contributed by atoms with E-state index in [1.54, 1.807) is 0 Å². The standard InChI is InChI=1S/C23H29N3/c1-2-3-4-5-6-10-17-26-22(18-25-23(26)24)21-15-13-20(14-16-21)19-11-8-7-9-12-19/h7-9,11-16,18H,2-6,10,17H2,1H3,(H2,24,25). The minimum absolute atomic E-state index is 0.612. The van der Waals surface area contributed by atoms with Gasteiger partial charge >= 0.3 is 0 Å². The van der Waals surface area contributed by atoms with Gasteiger partial charge in [0.05, 0.1) is 11.9 Å². The Morgan fingerprint density at radius 3 is 2.12 bits per heavy atom. The van der Waals surface area contributed by atoms with Crippen LogP contribution < -0.4 is 5.73 Å². The minimum atomic E-state index is 0.612. The summed E-state index contributed by atoms with van der Waals surface area (Å²) in [5.74, 6) is 0.612. The predicted octanol–water partition coefficient (Wildman–Crippen LogP) is 6.16. The fourth-order valence-corrected chi connectivity index (χ4v) is 3.37. The molecule has 0 bridgehead atoms. The van der Waals surface area contributed by atoms with Crippen LogP contribution in [0.2, 0.25) is 0 Å². The van der Waals surface area contributed by atoms with Crippen molar-refractivity contribution in [1.29, 1.82) is 0 Å². The maximum atomic E-state index is 6.11. The first-order valence-corrected chi connectivity index (χ1v) is 9.76. The van der Waals surface area contributed by atoms with Gasteiger partial charge in [-0.25, -0.2) is 4.98 Å². The Balaban J connectivity index is 1.68. The van der Waals surface area contributed by atoms with Crippen LogP contribution in [0.5, 0.6) is 0 Å². The molecule has 0 saturated heterocycles. The van der Waals surface area contributed by atoms with Crippen molar-refractivity contribution in [3.05, 3.63) is 60.8 Å². The molecule has 3 nitrogen and oxygen atoms in total. The van der Waals surface area contributed by atoms with Crippen LogP contribution in [-0.4, -0.2) is 9.55 Å². The normalized spacial score (nSPS) is 11.0. The molecule has 0 fully saturated rings. The third-order valence-corrected chi connectivity index (χ3v) is 4.91. The molecule has 2 aromatic carbocycles. The summed E-state index contributed by atoms with van der Waals surface area (Å²) >= 11 is 0. The molecule has 3 aromatic rings. The molecule has 0 saturated carbocycles. The van der Waals surface area contributed by atoms with Crippen LogP contribution in [0.1, 0.15) is 45.4 Å². The summed E-state index contributed by atoms with van der Waals surface area (Å²) in [4.78, 5) is 4.34. The Kier molecular flexibility index (Phi) is 6.48. The van der Waals surface area contributed by atoms with Gasteiger partial charge in [0.15, 0.2) is 0 Å². The number of hydrogen-bond donors (Lipinski definition) is 1. The Morgan fingerprint density at radius 2 is 1.38 bits per heavy atom. The van der Waals surface area contributed by atoms with Crippen LogP contribution in [-0.2, 0) is 6.54 Å². The lowest BCUT2D eigenvalue weighted by atomic mass is 10.0. The maximum Gasteiger partial charge on any atom is 0.200 e. The van der Waals surface area contributed by atoms with Crippen LogP contribution in [0.3, 0.4) is 0 Å². The summed E-state index contributed by atoms with van der Waals surface area (Å²) < 4.78 is 2.15. The SMILES string of the molecule is CCCCCCCCn1c(-c2ccc(-c3ccccc3)cc2)cnc1N. The monoisotopic (exact) mass is 347 g/mol. The number of anilines is 1. The lowest BCUT2D eigenvalue weighted by molar-refractivity contribution is 0.563. The second kappa shape index (κ2) is 9.23. The predicted molar refractivity (Wildman–Crippen MR) is 111 cm³/mol. The minimum Gasteiger partial charge on any atom is -0.369 e. The number of unbranched alkanes of at least 4 members (excludes halogenated alkanes) is 5. The van der Waals surface area contributed by atoms with Gasteiger partial charge in [0.2, 0.25) is 5.95 Å². The van der Waals surface area contributed by atoms with E-state index < -0.39 is 0 Å². The summed E-state index contributed by atoms with van der Waals surface area (Å²) in [6.07, 6.45) is 9.57. The molecule has 1 heterocycles. The molecule has 0 amide bonds. The fraction of sp³-hybridized carbons (Fsp3) is 0.348. The first kappa shape index (κ1) is 18.2. The molecule has 0 aliphatic heterocycles. The van der Waals surface area contributed by atoms with E-state index in [2.05, 4.69) is 65.0 Å². The summed E-state index contributed by atoms with van der Waals surface area (Å²) in [7, 11) is 0. The van der Waals surface area contributed by atoms with E-state index in [-0.39, 0.29) is 0 Å². The van der Waals surface area contributed by atoms with Gasteiger partial charge in [-0.1, -0.05) is 93.6 Å². The number of benzene rings is 2. The average molecular weight is 348 g/mol. The quantitative estimate of drug-likeness (QED) is 0.471. The van der Waals surface area contributed by atoms with E-state index >= 15 is 0 Å². The third-order valence-electron chi connectivity index (χ3n) is 4.91. The number of hydrogen-bond acceptors (Lipinski definition) is 2. The Bertz CT molecular complexity index is 788. The van der Waals surface area contributed by atoms with E-state index in [0.717, 1.165) is 18.7 Å². The molecular weight excluding hydrogens is 318 g/mol. The van der Waals surface area contributed by atoms with Gasteiger partial charge in [0.25, 0.3) is 0 Å². The Labute approximate surface area is 156 Å².